The lowest BCUT2D eigenvalue weighted by molar-refractivity contribution is -0.142. The van der Waals surface area contributed by atoms with Gasteiger partial charge in [-0.15, -0.1) is 0 Å². The van der Waals surface area contributed by atoms with Crippen molar-refractivity contribution in [3.63, 3.8) is 0 Å². The maximum atomic E-state index is 11.4. The van der Waals surface area contributed by atoms with Gasteiger partial charge in [0.2, 0.25) is 0 Å². The minimum absolute atomic E-state index is 0.401. The molecule has 5 nitrogen and oxygen atoms in total. The lowest BCUT2D eigenvalue weighted by atomic mass is 10.00. The van der Waals surface area contributed by atoms with Gasteiger partial charge in [-0.3, -0.25) is 0 Å². The maximum Gasteiger partial charge on any atom is 0.329 e. The number of carboxylic acids is 1. The third kappa shape index (κ3) is 1.47. The number of oxazole rings is 1. The normalized spacial score (nSPS) is 23.7. The van der Waals surface area contributed by atoms with Gasteiger partial charge in [0.25, 0.3) is 6.01 Å². The Bertz CT molecular complexity index is 574. The zero-order chi connectivity index (χ0) is 12.8. The zero-order valence-corrected chi connectivity index (χ0v) is 10.1. The SMILES string of the molecule is CC1(C(=O)O)CCCN1c1nc2ccccc2o1. The highest BCUT2D eigenvalue weighted by Crippen LogP contribution is 2.35. The van der Waals surface area contributed by atoms with E-state index in [1.54, 1.807) is 11.8 Å². The fourth-order valence-electron chi connectivity index (χ4n) is 2.47. The summed E-state index contributed by atoms with van der Waals surface area (Å²) in [5.41, 5.74) is 0.528. The predicted octanol–water partition coefficient (Wildman–Crippen LogP) is 2.27. The third-order valence-electron chi connectivity index (χ3n) is 3.62. The van der Waals surface area contributed by atoms with E-state index < -0.39 is 11.5 Å². The van der Waals surface area contributed by atoms with Crippen LogP contribution in [0.5, 0.6) is 0 Å². The average Bonchev–Trinajstić information content (AvgIpc) is 2.92. The molecule has 1 unspecified atom stereocenters. The minimum atomic E-state index is -0.916. The van der Waals surface area contributed by atoms with Crippen LogP contribution in [0.3, 0.4) is 0 Å². The third-order valence-corrected chi connectivity index (χ3v) is 3.62. The smallest absolute Gasteiger partial charge is 0.329 e. The Morgan fingerprint density at radius 1 is 1.50 bits per heavy atom. The molecular weight excluding hydrogens is 232 g/mol. The molecular formula is C13H14N2O3. The molecule has 3 rings (SSSR count). The number of nitrogens with zero attached hydrogens (tertiary/aromatic N) is 2. The molecule has 0 saturated carbocycles. The monoisotopic (exact) mass is 246 g/mol. The summed E-state index contributed by atoms with van der Waals surface area (Å²) in [6.45, 7) is 2.38. The quantitative estimate of drug-likeness (QED) is 0.880. The molecule has 2 heterocycles. The van der Waals surface area contributed by atoms with Crippen LogP contribution in [0, 0.1) is 0 Å². The second-order valence-electron chi connectivity index (χ2n) is 4.80. The number of rotatable bonds is 2. The van der Waals surface area contributed by atoms with Crippen molar-refractivity contribution < 1.29 is 14.3 Å². The molecule has 1 atom stereocenters. The molecule has 18 heavy (non-hydrogen) atoms. The largest absolute Gasteiger partial charge is 0.480 e. The number of para-hydroxylation sites is 2. The summed E-state index contributed by atoms with van der Waals surface area (Å²) >= 11 is 0. The van der Waals surface area contributed by atoms with Crippen molar-refractivity contribution in [3.8, 4) is 0 Å². The molecule has 94 valence electrons. The van der Waals surface area contributed by atoms with Gasteiger partial charge in [0, 0.05) is 6.54 Å². The van der Waals surface area contributed by atoms with Crippen LogP contribution in [0.2, 0.25) is 0 Å². The van der Waals surface area contributed by atoms with Gasteiger partial charge in [0.15, 0.2) is 5.58 Å². The van der Waals surface area contributed by atoms with Crippen LogP contribution >= 0.6 is 0 Å². The van der Waals surface area contributed by atoms with Crippen molar-refractivity contribution in [1.82, 2.24) is 4.98 Å². The number of benzene rings is 1. The van der Waals surface area contributed by atoms with Crippen molar-refractivity contribution in [2.45, 2.75) is 25.3 Å². The van der Waals surface area contributed by atoms with Gasteiger partial charge < -0.3 is 14.4 Å². The van der Waals surface area contributed by atoms with Crippen molar-refractivity contribution >= 4 is 23.1 Å². The van der Waals surface area contributed by atoms with E-state index >= 15 is 0 Å². The number of carbonyl (C=O) groups is 1. The first-order valence-electron chi connectivity index (χ1n) is 5.98. The van der Waals surface area contributed by atoms with Crippen LogP contribution < -0.4 is 4.90 Å². The summed E-state index contributed by atoms with van der Waals surface area (Å²) in [6.07, 6.45) is 1.45. The highest BCUT2D eigenvalue weighted by Gasteiger charge is 2.45. The van der Waals surface area contributed by atoms with Gasteiger partial charge in [-0.05, 0) is 31.9 Å². The lowest BCUT2D eigenvalue weighted by Crippen LogP contribution is -2.48. The van der Waals surface area contributed by atoms with Crippen LogP contribution in [0.25, 0.3) is 11.1 Å². The number of hydrogen-bond acceptors (Lipinski definition) is 4. The van der Waals surface area contributed by atoms with Gasteiger partial charge in [-0.25, -0.2) is 4.79 Å². The van der Waals surface area contributed by atoms with Crippen molar-refractivity contribution in [3.05, 3.63) is 24.3 Å². The summed E-state index contributed by atoms with van der Waals surface area (Å²) in [5, 5.41) is 9.37. The molecule has 0 amide bonds. The standard InChI is InChI=1S/C13H14N2O3/c1-13(11(16)17)7-4-8-15(13)12-14-9-5-2-3-6-10(9)18-12/h2-3,5-6H,4,7-8H2,1H3,(H,16,17). The Labute approximate surface area is 104 Å². The Morgan fingerprint density at radius 2 is 2.28 bits per heavy atom. The fourth-order valence-corrected chi connectivity index (χ4v) is 2.47. The topological polar surface area (TPSA) is 66.6 Å². The lowest BCUT2D eigenvalue weighted by Gasteiger charge is -2.29. The number of fused-ring (bicyclic) bond motifs is 1. The molecule has 1 saturated heterocycles. The molecule has 0 radical (unpaired) electrons. The molecule has 2 aromatic rings. The van der Waals surface area contributed by atoms with Gasteiger partial charge in [-0.2, -0.15) is 4.98 Å². The molecule has 1 aliphatic rings. The van der Waals surface area contributed by atoms with Gasteiger partial charge >= 0.3 is 5.97 Å². The minimum Gasteiger partial charge on any atom is -0.480 e. The highest BCUT2D eigenvalue weighted by atomic mass is 16.4. The van der Waals surface area contributed by atoms with Gasteiger partial charge in [0.05, 0.1) is 0 Å². The van der Waals surface area contributed by atoms with E-state index in [4.69, 9.17) is 4.42 Å². The second kappa shape index (κ2) is 3.73. The summed E-state index contributed by atoms with van der Waals surface area (Å²) < 4.78 is 5.65. The first kappa shape index (κ1) is 11.1. The summed E-state index contributed by atoms with van der Waals surface area (Å²) in [7, 11) is 0. The number of aromatic nitrogens is 1. The summed E-state index contributed by atoms with van der Waals surface area (Å²) in [5.74, 6) is -0.831. The predicted molar refractivity (Wildman–Crippen MR) is 66.6 cm³/mol. The summed E-state index contributed by atoms with van der Waals surface area (Å²) in [6, 6.07) is 7.85. The molecule has 1 aromatic heterocycles. The zero-order valence-electron chi connectivity index (χ0n) is 10.1. The van der Waals surface area contributed by atoms with Crippen molar-refractivity contribution in [2.75, 3.05) is 11.4 Å². The van der Waals surface area contributed by atoms with Crippen LogP contribution in [0.15, 0.2) is 28.7 Å². The first-order valence-corrected chi connectivity index (χ1v) is 5.98. The number of anilines is 1. The Kier molecular flexibility index (Phi) is 2.29. The second-order valence-corrected chi connectivity index (χ2v) is 4.80. The first-order chi connectivity index (χ1) is 8.61. The van der Waals surface area contributed by atoms with E-state index in [9.17, 15) is 9.90 Å². The van der Waals surface area contributed by atoms with Crippen LogP contribution in [-0.2, 0) is 4.79 Å². The average molecular weight is 246 g/mol. The molecule has 0 bridgehead atoms. The van der Waals surface area contributed by atoms with Crippen molar-refractivity contribution in [1.29, 1.82) is 0 Å². The van der Waals surface area contributed by atoms with Gasteiger partial charge in [-0.1, -0.05) is 12.1 Å². The Hall–Kier alpha value is -2.04. The summed E-state index contributed by atoms with van der Waals surface area (Å²) in [4.78, 5) is 17.5. The molecule has 0 aliphatic carbocycles. The van der Waals surface area contributed by atoms with E-state index in [1.165, 1.54) is 0 Å². The fraction of sp³-hybridized carbons (Fsp3) is 0.385. The Morgan fingerprint density at radius 3 is 3.00 bits per heavy atom. The van der Waals surface area contributed by atoms with E-state index in [0.29, 0.717) is 24.6 Å². The number of carboxylic acid groups (broad SMARTS) is 1. The van der Waals surface area contributed by atoms with Crippen LogP contribution in [0.4, 0.5) is 6.01 Å². The van der Waals surface area contributed by atoms with E-state index in [-0.39, 0.29) is 0 Å². The molecule has 1 aliphatic heterocycles. The molecule has 0 spiro atoms. The van der Waals surface area contributed by atoms with Gasteiger partial charge in [0.1, 0.15) is 11.1 Å². The molecule has 5 heteroatoms. The van der Waals surface area contributed by atoms with E-state index in [0.717, 1.165) is 11.9 Å². The highest BCUT2D eigenvalue weighted by molar-refractivity contribution is 5.84. The van der Waals surface area contributed by atoms with E-state index in [2.05, 4.69) is 4.98 Å². The molecule has 1 fully saturated rings. The number of aliphatic carboxylic acids is 1. The molecule has 1 N–H and O–H groups in total. The number of hydrogen-bond donors (Lipinski definition) is 1. The Balaban J connectivity index is 2.06. The maximum absolute atomic E-state index is 11.4. The van der Waals surface area contributed by atoms with Crippen molar-refractivity contribution in [2.24, 2.45) is 0 Å². The van der Waals surface area contributed by atoms with E-state index in [1.807, 2.05) is 24.3 Å². The molecule has 1 aromatic carbocycles. The van der Waals surface area contributed by atoms with Crippen LogP contribution in [-0.4, -0.2) is 28.1 Å². The van der Waals surface area contributed by atoms with Crippen LogP contribution in [0.1, 0.15) is 19.8 Å².